The van der Waals surface area contributed by atoms with E-state index in [0.29, 0.717) is 5.82 Å². The molecule has 0 saturated carbocycles. The van der Waals surface area contributed by atoms with E-state index in [1.807, 2.05) is 0 Å². The zero-order valence-electron chi connectivity index (χ0n) is 8.46. The Balaban J connectivity index is 2.04. The summed E-state index contributed by atoms with van der Waals surface area (Å²) in [5, 5.41) is 9.95. The predicted octanol–water partition coefficient (Wildman–Crippen LogP) is 1.66. The van der Waals surface area contributed by atoms with Crippen LogP contribution in [0.2, 0.25) is 0 Å². The maximum atomic E-state index is 13.5. The summed E-state index contributed by atoms with van der Waals surface area (Å²) >= 11 is 0. The summed E-state index contributed by atoms with van der Waals surface area (Å²) in [4.78, 5) is 7.90. The van der Waals surface area contributed by atoms with Crippen LogP contribution in [0.15, 0.2) is 35.1 Å². The summed E-state index contributed by atoms with van der Waals surface area (Å²) in [6.07, 6.45) is 1.33. The van der Waals surface area contributed by atoms with E-state index in [0.717, 1.165) is 0 Å². The van der Waals surface area contributed by atoms with Crippen LogP contribution in [-0.2, 0) is 0 Å². The van der Waals surface area contributed by atoms with Crippen molar-refractivity contribution in [2.45, 2.75) is 0 Å². The van der Waals surface area contributed by atoms with Gasteiger partial charge in [0.2, 0.25) is 5.82 Å². The molecule has 6 nitrogen and oxygen atoms in total. The molecule has 3 aromatic rings. The van der Waals surface area contributed by atoms with Gasteiger partial charge in [0.1, 0.15) is 12.1 Å². The molecule has 0 radical (unpaired) electrons. The number of aromatic nitrogens is 5. The molecule has 0 saturated heterocycles. The fourth-order valence-electron chi connectivity index (χ4n) is 1.38. The van der Waals surface area contributed by atoms with Gasteiger partial charge in [-0.2, -0.15) is 10.1 Å². The molecule has 0 aliphatic heterocycles. The predicted molar refractivity (Wildman–Crippen MR) is 55.1 cm³/mol. The standard InChI is InChI=1S/C10H6FN5O/c11-7-4-2-1-3-6(7)10-14-9(16-17-10)8-12-5-13-15-8/h1-5H,(H,12,13,15). The molecule has 1 N–H and O–H groups in total. The van der Waals surface area contributed by atoms with Gasteiger partial charge in [-0.1, -0.05) is 17.3 Å². The van der Waals surface area contributed by atoms with E-state index in [-0.39, 0.29) is 17.3 Å². The number of halogens is 1. The summed E-state index contributed by atoms with van der Waals surface area (Å²) in [7, 11) is 0. The third kappa shape index (κ3) is 1.67. The summed E-state index contributed by atoms with van der Waals surface area (Å²) in [5.74, 6) is 0.298. The monoisotopic (exact) mass is 231 g/mol. The van der Waals surface area contributed by atoms with Crippen molar-refractivity contribution in [3.8, 4) is 23.1 Å². The van der Waals surface area contributed by atoms with Crippen LogP contribution in [0.4, 0.5) is 4.39 Å². The molecule has 7 heteroatoms. The van der Waals surface area contributed by atoms with E-state index in [1.54, 1.807) is 18.2 Å². The van der Waals surface area contributed by atoms with Crippen molar-refractivity contribution in [3.63, 3.8) is 0 Å². The topological polar surface area (TPSA) is 80.5 Å². The summed E-state index contributed by atoms with van der Waals surface area (Å²) in [6, 6.07) is 6.17. The quantitative estimate of drug-likeness (QED) is 0.725. The van der Waals surface area contributed by atoms with Crippen molar-refractivity contribution in [2.24, 2.45) is 0 Å². The summed E-state index contributed by atoms with van der Waals surface area (Å²) < 4.78 is 18.4. The van der Waals surface area contributed by atoms with Gasteiger partial charge in [0.15, 0.2) is 5.82 Å². The molecule has 3 rings (SSSR count). The average molecular weight is 231 g/mol. The van der Waals surface area contributed by atoms with Gasteiger partial charge < -0.3 is 4.52 Å². The number of hydrogen-bond acceptors (Lipinski definition) is 5. The number of rotatable bonds is 2. The second-order valence-electron chi connectivity index (χ2n) is 3.24. The number of nitrogens with zero attached hydrogens (tertiary/aromatic N) is 4. The second kappa shape index (κ2) is 3.78. The molecule has 0 unspecified atom stereocenters. The van der Waals surface area contributed by atoms with Gasteiger partial charge in [0.25, 0.3) is 5.89 Å². The highest BCUT2D eigenvalue weighted by atomic mass is 19.1. The van der Waals surface area contributed by atoms with Gasteiger partial charge in [-0.15, -0.1) is 0 Å². The molecule has 84 valence electrons. The van der Waals surface area contributed by atoms with E-state index in [1.165, 1.54) is 12.4 Å². The first-order valence-electron chi connectivity index (χ1n) is 4.79. The Kier molecular flexibility index (Phi) is 2.14. The number of benzene rings is 1. The van der Waals surface area contributed by atoms with Crippen molar-refractivity contribution in [1.82, 2.24) is 25.3 Å². The van der Waals surface area contributed by atoms with E-state index in [4.69, 9.17) is 4.52 Å². The van der Waals surface area contributed by atoms with E-state index >= 15 is 0 Å². The average Bonchev–Trinajstić information content (AvgIpc) is 3.00. The van der Waals surface area contributed by atoms with E-state index < -0.39 is 5.82 Å². The summed E-state index contributed by atoms with van der Waals surface area (Å²) in [6.45, 7) is 0. The lowest BCUT2D eigenvalue weighted by Crippen LogP contribution is -1.85. The first-order chi connectivity index (χ1) is 8.34. The Morgan fingerprint density at radius 3 is 2.88 bits per heavy atom. The van der Waals surface area contributed by atoms with Crippen LogP contribution in [-0.4, -0.2) is 25.3 Å². The van der Waals surface area contributed by atoms with Gasteiger partial charge in [-0.3, -0.25) is 5.10 Å². The smallest absolute Gasteiger partial charge is 0.261 e. The van der Waals surface area contributed by atoms with Gasteiger partial charge in [-0.25, -0.2) is 9.37 Å². The van der Waals surface area contributed by atoms with Crippen LogP contribution in [0.3, 0.4) is 0 Å². The number of hydrogen-bond donors (Lipinski definition) is 1. The minimum Gasteiger partial charge on any atom is -0.333 e. The largest absolute Gasteiger partial charge is 0.333 e. The number of H-pyrrole nitrogens is 1. The van der Waals surface area contributed by atoms with Gasteiger partial charge in [0, 0.05) is 0 Å². The molecule has 2 heterocycles. The van der Waals surface area contributed by atoms with Crippen molar-refractivity contribution in [1.29, 1.82) is 0 Å². The number of nitrogens with one attached hydrogen (secondary N) is 1. The molecule has 0 aliphatic carbocycles. The van der Waals surface area contributed by atoms with Crippen molar-refractivity contribution >= 4 is 0 Å². The van der Waals surface area contributed by atoms with Crippen LogP contribution in [0, 0.1) is 5.82 Å². The first kappa shape index (κ1) is 9.64. The highest BCUT2D eigenvalue weighted by Gasteiger charge is 2.14. The Bertz CT molecular complexity index is 634. The van der Waals surface area contributed by atoms with Crippen LogP contribution < -0.4 is 0 Å². The van der Waals surface area contributed by atoms with Crippen molar-refractivity contribution < 1.29 is 8.91 Å². The molecule has 17 heavy (non-hydrogen) atoms. The Morgan fingerprint density at radius 1 is 1.24 bits per heavy atom. The molecule has 0 aliphatic rings. The Hall–Kier alpha value is -2.57. The molecule has 0 fully saturated rings. The zero-order valence-corrected chi connectivity index (χ0v) is 8.46. The molecular weight excluding hydrogens is 225 g/mol. The van der Waals surface area contributed by atoms with Crippen LogP contribution in [0.1, 0.15) is 0 Å². The van der Waals surface area contributed by atoms with E-state index in [2.05, 4.69) is 25.3 Å². The highest BCUT2D eigenvalue weighted by molar-refractivity contribution is 5.56. The lowest BCUT2D eigenvalue weighted by atomic mass is 10.2. The fraction of sp³-hybridized carbons (Fsp3) is 0. The highest BCUT2D eigenvalue weighted by Crippen LogP contribution is 2.22. The molecule has 2 aromatic heterocycles. The molecule has 0 bridgehead atoms. The molecule has 0 amide bonds. The SMILES string of the molecule is Fc1ccccc1-c1nc(-c2ncn[nH]2)no1. The lowest BCUT2D eigenvalue weighted by Gasteiger charge is -1.94. The molecule has 0 spiro atoms. The van der Waals surface area contributed by atoms with Crippen LogP contribution in [0.5, 0.6) is 0 Å². The molecular formula is C10H6FN5O. The van der Waals surface area contributed by atoms with Gasteiger partial charge >= 0.3 is 0 Å². The molecule has 0 atom stereocenters. The third-order valence-corrected chi connectivity index (χ3v) is 2.16. The third-order valence-electron chi connectivity index (χ3n) is 2.16. The molecule has 1 aromatic carbocycles. The first-order valence-corrected chi connectivity index (χ1v) is 4.79. The van der Waals surface area contributed by atoms with Crippen LogP contribution in [0.25, 0.3) is 23.1 Å². The van der Waals surface area contributed by atoms with Crippen molar-refractivity contribution in [2.75, 3.05) is 0 Å². The van der Waals surface area contributed by atoms with Gasteiger partial charge in [0.05, 0.1) is 5.56 Å². The minimum atomic E-state index is -0.416. The van der Waals surface area contributed by atoms with Gasteiger partial charge in [-0.05, 0) is 12.1 Å². The summed E-state index contributed by atoms with van der Waals surface area (Å²) in [5.41, 5.74) is 0.255. The maximum absolute atomic E-state index is 13.5. The lowest BCUT2D eigenvalue weighted by molar-refractivity contribution is 0.429. The minimum absolute atomic E-state index is 0.106. The van der Waals surface area contributed by atoms with Crippen molar-refractivity contribution in [3.05, 3.63) is 36.4 Å². The fourth-order valence-corrected chi connectivity index (χ4v) is 1.38. The van der Waals surface area contributed by atoms with E-state index in [9.17, 15) is 4.39 Å². The maximum Gasteiger partial charge on any atom is 0.261 e. The Labute approximate surface area is 94.5 Å². The second-order valence-corrected chi connectivity index (χ2v) is 3.24. The number of aromatic amines is 1. The van der Waals surface area contributed by atoms with Crippen LogP contribution >= 0.6 is 0 Å². The zero-order chi connectivity index (χ0) is 11.7. The Morgan fingerprint density at radius 2 is 2.12 bits per heavy atom. The normalized spacial score (nSPS) is 10.6.